The molecule has 0 N–H and O–H groups in total. The average Bonchev–Trinajstić information content (AvgIpc) is 2.38. The zero-order chi connectivity index (χ0) is 15.4. The van der Waals surface area contributed by atoms with E-state index < -0.39 is 34.8 Å². The van der Waals surface area contributed by atoms with Crippen LogP contribution in [0.15, 0.2) is 30.3 Å². The van der Waals surface area contributed by atoms with Crippen molar-refractivity contribution < 1.29 is 31.1 Å². The maximum absolute atomic E-state index is 13.2. The Kier molecular flexibility index (Phi) is 3.13. The first-order chi connectivity index (χ1) is 8.99. The van der Waals surface area contributed by atoms with Gasteiger partial charge in [0.05, 0.1) is 0 Å². The van der Waals surface area contributed by atoms with Crippen LogP contribution in [0.3, 0.4) is 0 Å². The van der Waals surface area contributed by atoms with Crippen molar-refractivity contribution in [1.29, 1.82) is 0 Å². The van der Waals surface area contributed by atoms with Crippen LogP contribution in [0.2, 0.25) is 0 Å². The normalized spacial score (nSPS) is 24.8. The van der Waals surface area contributed by atoms with Crippen LogP contribution in [0.1, 0.15) is 16.8 Å². The number of alkyl halides is 7. The lowest BCUT2D eigenvalue weighted by molar-refractivity contribution is -0.421. The fraction of sp³-hybridized carbons (Fsp3) is 0.417. The molecule has 1 aromatic rings. The van der Waals surface area contributed by atoms with Gasteiger partial charge in [-0.3, -0.25) is 4.79 Å². The first-order valence-electron chi connectivity index (χ1n) is 5.39. The van der Waals surface area contributed by atoms with Crippen molar-refractivity contribution in [2.45, 2.75) is 29.1 Å². The SMILES string of the molecule is O=C(CC1(Cl)C(F)(F)C(F)(F)C1(F)F)c1ccccc1. The molecular formula is C12H7ClF6O. The Bertz CT molecular complexity index is 524. The molecule has 0 aliphatic heterocycles. The fourth-order valence-corrected chi connectivity index (χ4v) is 2.36. The van der Waals surface area contributed by atoms with Crippen molar-refractivity contribution in [3.63, 3.8) is 0 Å². The van der Waals surface area contributed by atoms with Gasteiger partial charge in [0.1, 0.15) is 0 Å². The number of hydrogen-bond donors (Lipinski definition) is 0. The average molecular weight is 317 g/mol. The van der Waals surface area contributed by atoms with E-state index in [9.17, 15) is 31.1 Å². The summed E-state index contributed by atoms with van der Waals surface area (Å²) in [6, 6.07) is 6.64. The van der Waals surface area contributed by atoms with Crippen molar-refractivity contribution in [2.75, 3.05) is 0 Å². The molecule has 1 aliphatic rings. The monoisotopic (exact) mass is 316 g/mol. The van der Waals surface area contributed by atoms with Crippen LogP contribution in [-0.4, -0.2) is 28.4 Å². The maximum atomic E-state index is 13.2. The van der Waals surface area contributed by atoms with E-state index in [2.05, 4.69) is 0 Å². The lowest BCUT2D eigenvalue weighted by Crippen LogP contribution is -2.84. The van der Waals surface area contributed by atoms with Gasteiger partial charge in [-0.15, -0.1) is 11.6 Å². The molecular weight excluding hydrogens is 310 g/mol. The lowest BCUT2D eigenvalue weighted by atomic mass is 9.68. The van der Waals surface area contributed by atoms with E-state index in [0.717, 1.165) is 0 Å². The number of benzene rings is 1. The Labute approximate surface area is 114 Å². The molecule has 1 aromatic carbocycles. The number of ketones is 1. The lowest BCUT2D eigenvalue weighted by Gasteiger charge is -2.55. The Morgan fingerprint density at radius 2 is 1.35 bits per heavy atom. The Morgan fingerprint density at radius 3 is 1.80 bits per heavy atom. The first kappa shape index (κ1) is 15.2. The topological polar surface area (TPSA) is 17.1 Å². The summed E-state index contributed by atoms with van der Waals surface area (Å²) in [4.78, 5) is 7.72. The molecule has 1 nitrogen and oxygen atoms in total. The van der Waals surface area contributed by atoms with Crippen LogP contribution in [0.4, 0.5) is 26.3 Å². The van der Waals surface area contributed by atoms with Gasteiger partial charge in [0.25, 0.3) is 0 Å². The third-order valence-electron chi connectivity index (χ3n) is 3.28. The number of halogens is 7. The molecule has 0 unspecified atom stereocenters. The molecule has 0 amide bonds. The fourth-order valence-electron chi connectivity index (χ4n) is 2.00. The molecule has 0 heterocycles. The predicted octanol–water partition coefficient (Wildman–Crippen LogP) is 4.16. The Hall–Kier alpha value is -1.24. The van der Waals surface area contributed by atoms with Gasteiger partial charge in [-0.05, 0) is 0 Å². The third kappa shape index (κ3) is 1.55. The van der Waals surface area contributed by atoms with Crippen LogP contribution in [0.5, 0.6) is 0 Å². The summed E-state index contributed by atoms with van der Waals surface area (Å²) >= 11 is 5.02. The van der Waals surface area contributed by atoms with E-state index in [-0.39, 0.29) is 5.56 Å². The van der Waals surface area contributed by atoms with Crippen molar-refractivity contribution in [2.24, 2.45) is 0 Å². The summed E-state index contributed by atoms with van der Waals surface area (Å²) in [6.07, 6.45) is -1.59. The maximum Gasteiger partial charge on any atom is 0.376 e. The van der Waals surface area contributed by atoms with Crippen LogP contribution in [0, 0.1) is 0 Å². The minimum Gasteiger partial charge on any atom is -0.294 e. The molecule has 1 saturated carbocycles. The van der Waals surface area contributed by atoms with Gasteiger partial charge < -0.3 is 0 Å². The Morgan fingerprint density at radius 1 is 0.900 bits per heavy atom. The van der Waals surface area contributed by atoms with Crippen molar-refractivity contribution in [1.82, 2.24) is 0 Å². The minimum absolute atomic E-state index is 0.158. The zero-order valence-corrected chi connectivity index (χ0v) is 10.4. The van der Waals surface area contributed by atoms with Gasteiger partial charge >= 0.3 is 17.8 Å². The third-order valence-corrected chi connectivity index (χ3v) is 3.89. The largest absolute Gasteiger partial charge is 0.376 e. The second-order valence-corrected chi connectivity index (χ2v) is 5.14. The van der Waals surface area contributed by atoms with Gasteiger partial charge in [0.2, 0.25) is 0 Å². The summed E-state index contributed by atoms with van der Waals surface area (Å²) in [5, 5.41) is 0. The molecule has 0 atom stereocenters. The quantitative estimate of drug-likeness (QED) is 0.465. The molecule has 20 heavy (non-hydrogen) atoms. The summed E-state index contributed by atoms with van der Waals surface area (Å²) in [7, 11) is 0. The standard InChI is InChI=1S/C12H7ClF6O/c13-9(6-8(20)7-4-2-1-3-5-7)10(14,15)12(18,19)11(9,16)17/h1-5H,6H2. The molecule has 0 saturated heterocycles. The predicted molar refractivity (Wildman–Crippen MR) is 58.8 cm³/mol. The zero-order valence-electron chi connectivity index (χ0n) is 9.65. The van der Waals surface area contributed by atoms with E-state index in [1.807, 2.05) is 0 Å². The van der Waals surface area contributed by atoms with Gasteiger partial charge in [0.15, 0.2) is 10.7 Å². The highest BCUT2D eigenvalue weighted by atomic mass is 35.5. The van der Waals surface area contributed by atoms with Gasteiger partial charge in [-0.1, -0.05) is 30.3 Å². The summed E-state index contributed by atoms with van der Waals surface area (Å²) in [6.45, 7) is 0. The summed E-state index contributed by atoms with van der Waals surface area (Å²) < 4.78 is 78.4. The van der Waals surface area contributed by atoms with Crippen molar-refractivity contribution in [3.05, 3.63) is 35.9 Å². The van der Waals surface area contributed by atoms with E-state index >= 15 is 0 Å². The van der Waals surface area contributed by atoms with Crippen LogP contribution < -0.4 is 0 Å². The second-order valence-electron chi connectivity index (χ2n) is 4.49. The minimum atomic E-state index is -5.57. The number of carbonyl (C=O) groups is 1. The van der Waals surface area contributed by atoms with Crippen molar-refractivity contribution >= 4 is 17.4 Å². The molecule has 0 aromatic heterocycles. The highest BCUT2D eigenvalue weighted by Crippen LogP contribution is 2.71. The molecule has 1 aliphatic carbocycles. The summed E-state index contributed by atoms with van der Waals surface area (Å²) in [5.41, 5.74) is -0.158. The molecule has 0 radical (unpaired) electrons. The second kappa shape index (κ2) is 4.13. The summed E-state index contributed by atoms with van der Waals surface area (Å²) in [5.74, 6) is -17.1. The smallest absolute Gasteiger partial charge is 0.294 e. The molecule has 0 spiro atoms. The van der Waals surface area contributed by atoms with E-state index in [1.54, 1.807) is 0 Å². The van der Waals surface area contributed by atoms with Crippen LogP contribution in [0.25, 0.3) is 0 Å². The van der Waals surface area contributed by atoms with Gasteiger partial charge in [0, 0.05) is 12.0 Å². The first-order valence-corrected chi connectivity index (χ1v) is 5.77. The molecule has 2 rings (SSSR count). The van der Waals surface area contributed by atoms with E-state index in [0.29, 0.717) is 0 Å². The number of rotatable bonds is 3. The number of Topliss-reactive ketones (excluding diaryl/α,β-unsaturated/α-hetero) is 1. The van der Waals surface area contributed by atoms with E-state index in [4.69, 9.17) is 11.6 Å². The van der Waals surface area contributed by atoms with Crippen molar-refractivity contribution in [3.8, 4) is 0 Å². The van der Waals surface area contributed by atoms with Gasteiger partial charge in [-0.2, -0.15) is 26.3 Å². The Balaban J connectivity index is 2.32. The van der Waals surface area contributed by atoms with Gasteiger partial charge in [-0.25, -0.2) is 0 Å². The molecule has 110 valence electrons. The molecule has 8 heteroatoms. The number of hydrogen-bond acceptors (Lipinski definition) is 1. The number of carbonyl (C=O) groups excluding carboxylic acids is 1. The highest BCUT2D eigenvalue weighted by molar-refractivity contribution is 6.28. The molecule has 1 fully saturated rings. The van der Waals surface area contributed by atoms with E-state index in [1.165, 1.54) is 30.3 Å². The molecule has 0 bridgehead atoms. The van der Waals surface area contributed by atoms with Crippen LogP contribution >= 0.6 is 11.6 Å². The van der Waals surface area contributed by atoms with Crippen LogP contribution in [-0.2, 0) is 0 Å². The highest BCUT2D eigenvalue weighted by Gasteiger charge is 2.98.